The van der Waals surface area contributed by atoms with Crippen molar-refractivity contribution < 1.29 is 4.39 Å². The molecule has 1 unspecified atom stereocenters. The van der Waals surface area contributed by atoms with Crippen LogP contribution in [-0.2, 0) is 6.54 Å². The van der Waals surface area contributed by atoms with Gasteiger partial charge >= 0.3 is 0 Å². The third kappa shape index (κ3) is 3.68. The molecule has 2 heterocycles. The molecule has 1 aromatic heterocycles. The lowest BCUT2D eigenvalue weighted by atomic mass is 9.90. The van der Waals surface area contributed by atoms with E-state index in [1.165, 1.54) is 18.6 Å². The van der Waals surface area contributed by atoms with Crippen LogP contribution in [0.4, 0.5) is 4.39 Å². The van der Waals surface area contributed by atoms with Gasteiger partial charge in [0.25, 0.3) is 5.56 Å². The molecule has 1 fully saturated rings. The van der Waals surface area contributed by atoms with E-state index in [1.54, 1.807) is 10.6 Å². The minimum absolute atomic E-state index is 0.0632. The molecule has 4 nitrogen and oxygen atoms in total. The zero-order valence-electron chi connectivity index (χ0n) is 16.3. The van der Waals surface area contributed by atoms with E-state index in [-0.39, 0.29) is 17.4 Å². The smallest absolute Gasteiger partial charge is 0.261 e. The van der Waals surface area contributed by atoms with Gasteiger partial charge in [-0.3, -0.25) is 14.3 Å². The maximum atomic E-state index is 13.7. The van der Waals surface area contributed by atoms with E-state index in [0.29, 0.717) is 29.3 Å². The van der Waals surface area contributed by atoms with E-state index in [2.05, 4.69) is 25.7 Å². The number of halogens is 1. The number of rotatable bonds is 5. The van der Waals surface area contributed by atoms with Crippen molar-refractivity contribution in [3.8, 4) is 0 Å². The molecule has 5 heteroatoms. The zero-order valence-corrected chi connectivity index (χ0v) is 16.3. The minimum Gasteiger partial charge on any atom is -0.295 e. The molecule has 0 N–H and O–H groups in total. The van der Waals surface area contributed by atoms with Gasteiger partial charge in [0.15, 0.2) is 0 Å². The van der Waals surface area contributed by atoms with Crippen LogP contribution in [0.25, 0.3) is 10.9 Å². The monoisotopic (exact) mass is 359 g/mol. The lowest BCUT2D eigenvalue weighted by Gasteiger charge is -2.40. The Morgan fingerprint density at radius 2 is 1.92 bits per heavy atom. The number of likely N-dealkylation sites (tertiary alicyclic amines) is 1. The maximum absolute atomic E-state index is 13.7. The van der Waals surface area contributed by atoms with Crippen molar-refractivity contribution in [2.45, 2.75) is 59.5 Å². The summed E-state index contributed by atoms with van der Waals surface area (Å²) in [6, 6.07) is 4.37. The molecule has 0 spiro atoms. The molecule has 3 atom stereocenters. The summed E-state index contributed by atoms with van der Waals surface area (Å²) >= 11 is 0. The van der Waals surface area contributed by atoms with Crippen LogP contribution in [0.2, 0.25) is 0 Å². The van der Waals surface area contributed by atoms with Gasteiger partial charge in [0.1, 0.15) is 11.6 Å². The highest BCUT2D eigenvalue weighted by molar-refractivity contribution is 5.77. The van der Waals surface area contributed by atoms with Gasteiger partial charge in [-0.05, 0) is 43.7 Å². The van der Waals surface area contributed by atoms with E-state index < -0.39 is 0 Å². The average molecular weight is 359 g/mol. The summed E-state index contributed by atoms with van der Waals surface area (Å²) in [7, 11) is 0. The molecule has 1 aliphatic heterocycles. The van der Waals surface area contributed by atoms with E-state index >= 15 is 0 Å². The van der Waals surface area contributed by atoms with Gasteiger partial charge in [0.05, 0.1) is 16.9 Å². The first-order valence-electron chi connectivity index (χ1n) is 9.88. The van der Waals surface area contributed by atoms with Crippen molar-refractivity contribution in [3.05, 3.63) is 40.2 Å². The molecule has 26 heavy (non-hydrogen) atoms. The Morgan fingerprint density at radius 1 is 1.23 bits per heavy atom. The Labute approximate surface area is 155 Å². The Morgan fingerprint density at radius 3 is 2.54 bits per heavy atom. The van der Waals surface area contributed by atoms with Crippen LogP contribution in [0.15, 0.2) is 23.0 Å². The molecule has 1 saturated heterocycles. The number of hydrogen-bond donors (Lipinski definition) is 0. The Kier molecular flexibility index (Phi) is 5.76. The normalized spacial score (nSPS) is 22.7. The average Bonchev–Trinajstić information content (AvgIpc) is 2.58. The van der Waals surface area contributed by atoms with Crippen LogP contribution >= 0.6 is 0 Å². The van der Waals surface area contributed by atoms with Crippen LogP contribution < -0.4 is 5.56 Å². The molecule has 0 saturated carbocycles. The van der Waals surface area contributed by atoms with Crippen molar-refractivity contribution in [2.75, 3.05) is 13.1 Å². The molecule has 1 aliphatic rings. The van der Waals surface area contributed by atoms with Crippen molar-refractivity contribution in [3.63, 3.8) is 0 Å². The Balaban J connectivity index is 2.13. The Hall–Kier alpha value is -1.75. The zero-order chi connectivity index (χ0) is 18.8. The highest BCUT2D eigenvalue weighted by Crippen LogP contribution is 2.31. The molecule has 2 aromatic rings. The topological polar surface area (TPSA) is 38.1 Å². The van der Waals surface area contributed by atoms with Gasteiger partial charge < -0.3 is 0 Å². The van der Waals surface area contributed by atoms with Crippen molar-refractivity contribution in [1.29, 1.82) is 0 Å². The van der Waals surface area contributed by atoms with Gasteiger partial charge in [0.2, 0.25) is 0 Å². The third-order valence-corrected chi connectivity index (χ3v) is 5.46. The summed E-state index contributed by atoms with van der Waals surface area (Å²) in [6.07, 6.45) is 3.21. The van der Waals surface area contributed by atoms with E-state index in [4.69, 9.17) is 4.98 Å². The summed E-state index contributed by atoms with van der Waals surface area (Å²) in [4.78, 5) is 20.3. The fraction of sp³-hybridized carbons (Fsp3) is 0.619. The lowest BCUT2D eigenvalue weighted by Crippen LogP contribution is -2.43. The lowest BCUT2D eigenvalue weighted by molar-refractivity contribution is 0.0836. The van der Waals surface area contributed by atoms with Crippen LogP contribution in [-0.4, -0.2) is 27.5 Å². The molecule has 0 bridgehead atoms. The predicted octanol–water partition coefficient (Wildman–Crippen LogP) is 4.37. The van der Waals surface area contributed by atoms with E-state index in [9.17, 15) is 9.18 Å². The summed E-state index contributed by atoms with van der Waals surface area (Å²) in [5.74, 6) is 1.71. The number of hydrogen-bond acceptors (Lipinski definition) is 3. The summed E-state index contributed by atoms with van der Waals surface area (Å²) in [5.41, 5.74) is 0.403. The quantitative estimate of drug-likeness (QED) is 0.795. The van der Waals surface area contributed by atoms with Gasteiger partial charge in [-0.2, -0.15) is 0 Å². The SMILES string of the molecule is CCCC(c1nc2cc(F)ccc2c(=O)n1CC)N1C[C@H](C)C[C@H](C)C1. The number of benzene rings is 1. The summed E-state index contributed by atoms with van der Waals surface area (Å²) in [6.45, 7) is 11.4. The molecule has 1 aromatic carbocycles. The fourth-order valence-corrected chi connectivity index (χ4v) is 4.49. The van der Waals surface area contributed by atoms with Crippen molar-refractivity contribution >= 4 is 10.9 Å². The number of piperidine rings is 1. The largest absolute Gasteiger partial charge is 0.295 e. The molecule has 0 amide bonds. The second-order valence-corrected chi connectivity index (χ2v) is 7.89. The first-order chi connectivity index (χ1) is 12.4. The molecule has 0 aliphatic carbocycles. The molecular formula is C21H30FN3O. The van der Waals surface area contributed by atoms with Gasteiger partial charge in [-0.25, -0.2) is 9.37 Å². The van der Waals surface area contributed by atoms with Gasteiger partial charge in [-0.1, -0.05) is 27.2 Å². The molecule has 142 valence electrons. The second kappa shape index (κ2) is 7.87. The highest BCUT2D eigenvalue weighted by Gasteiger charge is 2.30. The highest BCUT2D eigenvalue weighted by atomic mass is 19.1. The van der Waals surface area contributed by atoms with Crippen LogP contribution in [0.1, 0.15) is 58.8 Å². The van der Waals surface area contributed by atoms with Crippen molar-refractivity contribution in [2.24, 2.45) is 11.8 Å². The number of aromatic nitrogens is 2. The second-order valence-electron chi connectivity index (χ2n) is 7.89. The first kappa shape index (κ1) is 19.0. The van der Waals surface area contributed by atoms with Crippen molar-refractivity contribution in [1.82, 2.24) is 14.5 Å². The maximum Gasteiger partial charge on any atom is 0.261 e. The summed E-state index contributed by atoms with van der Waals surface area (Å²) in [5, 5.41) is 0.493. The predicted molar refractivity (Wildman–Crippen MR) is 104 cm³/mol. The molecule has 3 rings (SSSR count). The van der Waals surface area contributed by atoms with Gasteiger partial charge in [0, 0.05) is 25.7 Å². The minimum atomic E-state index is -0.350. The Bertz CT molecular complexity index is 822. The number of nitrogens with zero attached hydrogens (tertiary/aromatic N) is 3. The van der Waals surface area contributed by atoms with E-state index in [0.717, 1.165) is 31.8 Å². The third-order valence-electron chi connectivity index (χ3n) is 5.46. The number of fused-ring (bicyclic) bond motifs is 1. The first-order valence-corrected chi connectivity index (χ1v) is 9.88. The standard InChI is InChI=1S/C21H30FN3O/c1-5-7-19(24-12-14(3)10-15(4)13-24)20-23-18-11-16(22)8-9-17(18)21(26)25(20)6-2/h8-9,11,14-15,19H,5-7,10,12-13H2,1-4H3/t14-,15+,19?. The summed E-state index contributed by atoms with van der Waals surface area (Å²) < 4.78 is 15.5. The fourth-order valence-electron chi connectivity index (χ4n) is 4.49. The molecule has 0 radical (unpaired) electrons. The van der Waals surface area contributed by atoms with Crippen LogP contribution in [0, 0.1) is 17.7 Å². The molecular weight excluding hydrogens is 329 g/mol. The van der Waals surface area contributed by atoms with E-state index in [1.807, 2.05) is 6.92 Å². The van der Waals surface area contributed by atoms with Crippen LogP contribution in [0.5, 0.6) is 0 Å². The van der Waals surface area contributed by atoms with Gasteiger partial charge in [-0.15, -0.1) is 0 Å². The van der Waals surface area contributed by atoms with Crippen LogP contribution in [0.3, 0.4) is 0 Å².